The summed E-state index contributed by atoms with van der Waals surface area (Å²) in [5.74, 6) is 0. The van der Waals surface area contributed by atoms with Gasteiger partial charge in [0.2, 0.25) is 0 Å². The van der Waals surface area contributed by atoms with E-state index in [1.807, 2.05) is 6.07 Å². The maximum Gasteiger partial charge on any atom is 0.0838 e. The van der Waals surface area contributed by atoms with E-state index in [9.17, 15) is 0 Å². The van der Waals surface area contributed by atoms with Crippen molar-refractivity contribution in [1.29, 1.82) is 0 Å². The van der Waals surface area contributed by atoms with Gasteiger partial charge in [0.05, 0.1) is 21.6 Å². The minimum absolute atomic E-state index is 1.02. The molecular formula is C21H25N3S. The lowest BCUT2D eigenvalue weighted by atomic mass is 10.1. The summed E-state index contributed by atoms with van der Waals surface area (Å²) in [5.41, 5.74) is 4.53. The number of piperidine rings is 1. The van der Waals surface area contributed by atoms with Crippen LogP contribution in [0.2, 0.25) is 0 Å². The molecule has 4 heteroatoms. The molecule has 1 fully saturated rings. The van der Waals surface area contributed by atoms with Gasteiger partial charge in [-0.05, 0) is 56.4 Å². The summed E-state index contributed by atoms with van der Waals surface area (Å²) in [5, 5.41) is 5.80. The molecule has 3 nitrogen and oxygen atoms in total. The van der Waals surface area contributed by atoms with Gasteiger partial charge in [-0.25, -0.2) is 4.98 Å². The van der Waals surface area contributed by atoms with Crippen LogP contribution in [-0.2, 0) is 0 Å². The van der Waals surface area contributed by atoms with Crippen molar-refractivity contribution in [2.45, 2.75) is 25.7 Å². The van der Waals surface area contributed by atoms with E-state index in [0.717, 1.165) is 17.8 Å². The van der Waals surface area contributed by atoms with Crippen LogP contribution < -0.4 is 5.32 Å². The Hall–Kier alpha value is -1.91. The molecule has 1 saturated heterocycles. The molecule has 0 amide bonds. The zero-order chi connectivity index (χ0) is 16.9. The van der Waals surface area contributed by atoms with Crippen molar-refractivity contribution in [2.24, 2.45) is 0 Å². The third-order valence-electron chi connectivity index (χ3n) is 4.90. The third kappa shape index (κ3) is 4.02. The third-order valence-corrected chi connectivity index (χ3v) is 5.83. The summed E-state index contributed by atoms with van der Waals surface area (Å²) < 4.78 is 1.26. The van der Waals surface area contributed by atoms with Crippen molar-refractivity contribution in [2.75, 3.05) is 31.5 Å². The molecule has 130 valence electrons. The molecule has 1 aromatic carbocycles. The monoisotopic (exact) mass is 351 g/mol. The number of fused-ring (bicyclic) bond motifs is 1. The number of hydrogen-bond donors (Lipinski definition) is 1. The highest BCUT2D eigenvalue weighted by atomic mass is 32.1. The second-order valence-electron chi connectivity index (χ2n) is 6.74. The second kappa shape index (κ2) is 7.98. The Balaban J connectivity index is 1.45. The first kappa shape index (κ1) is 16.6. The number of anilines is 1. The highest BCUT2D eigenvalue weighted by molar-refractivity contribution is 7.17. The van der Waals surface area contributed by atoms with Crippen molar-refractivity contribution in [3.63, 3.8) is 0 Å². The molecule has 1 N–H and O–H groups in total. The van der Waals surface area contributed by atoms with Crippen LogP contribution in [0.15, 0.2) is 47.8 Å². The van der Waals surface area contributed by atoms with E-state index >= 15 is 0 Å². The van der Waals surface area contributed by atoms with Crippen molar-refractivity contribution < 1.29 is 0 Å². The molecule has 0 bridgehead atoms. The average molecular weight is 352 g/mol. The number of hydrogen-bond acceptors (Lipinski definition) is 4. The number of pyridine rings is 1. The molecule has 4 rings (SSSR count). The van der Waals surface area contributed by atoms with Gasteiger partial charge in [-0.15, -0.1) is 11.3 Å². The number of aromatic nitrogens is 1. The predicted molar refractivity (Wildman–Crippen MR) is 108 cm³/mol. The number of nitrogens with one attached hydrogen (secondary N) is 1. The van der Waals surface area contributed by atoms with E-state index in [1.54, 1.807) is 11.3 Å². The largest absolute Gasteiger partial charge is 0.384 e. The molecule has 25 heavy (non-hydrogen) atoms. The first-order valence-corrected chi connectivity index (χ1v) is 10.2. The number of nitrogens with zero attached hydrogens (tertiary/aromatic N) is 2. The first-order chi connectivity index (χ1) is 12.4. The lowest BCUT2D eigenvalue weighted by Gasteiger charge is -2.26. The maximum absolute atomic E-state index is 4.83. The lowest BCUT2D eigenvalue weighted by molar-refractivity contribution is 0.228. The molecule has 1 aliphatic heterocycles. The zero-order valence-corrected chi connectivity index (χ0v) is 15.4. The van der Waals surface area contributed by atoms with Gasteiger partial charge >= 0.3 is 0 Å². The molecule has 0 radical (unpaired) electrons. The van der Waals surface area contributed by atoms with Gasteiger partial charge in [-0.1, -0.05) is 36.8 Å². The maximum atomic E-state index is 4.83. The standard InChI is InChI=1S/C21H25N3S/c1-3-8-17(9-4-1)19-16-20(21-18(23-19)10-15-25-21)22-11-7-14-24-12-5-2-6-13-24/h1,3-4,8-10,15-16H,2,5-7,11-14H2,(H,22,23). The van der Waals surface area contributed by atoms with E-state index in [4.69, 9.17) is 4.98 Å². The van der Waals surface area contributed by atoms with Gasteiger partial charge in [0.1, 0.15) is 0 Å². The number of thiophene rings is 1. The Morgan fingerprint density at radius 1 is 1.04 bits per heavy atom. The highest BCUT2D eigenvalue weighted by Gasteiger charge is 2.11. The topological polar surface area (TPSA) is 28.2 Å². The van der Waals surface area contributed by atoms with Crippen LogP contribution in [0.4, 0.5) is 5.69 Å². The second-order valence-corrected chi connectivity index (χ2v) is 7.65. The van der Waals surface area contributed by atoms with Gasteiger partial charge in [-0.2, -0.15) is 0 Å². The van der Waals surface area contributed by atoms with Crippen molar-refractivity contribution in [3.05, 3.63) is 47.8 Å². The van der Waals surface area contributed by atoms with Crippen LogP contribution in [0.1, 0.15) is 25.7 Å². The Morgan fingerprint density at radius 2 is 1.88 bits per heavy atom. The molecule has 0 unspecified atom stereocenters. The summed E-state index contributed by atoms with van der Waals surface area (Å²) in [6, 6.07) is 14.8. The molecular weight excluding hydrogens is 326 g/mol. The molecule has 0 aliphatic carbocycles. The van der Waals surface area contributed by atoms with E-state index in [-0.39, 0.29) is 0 Å². The Morgan fingerprint density at radius 3 is 2.72 bits per heavy atom. The summed E-state index contributed by atoms with van der Waals surface area (Å²) in [4.78, 5) is 7.44. The molecule has 1 aliphatic rings. The fourth-order valence-corrected chi connectivity index (χ4v) is 4.38. The smallest absolute Gasteiger partial charge is 0.0838 e. The van der Waals surface area contributed by atoms with Gasteiger partial charge in [0, 0.05) is 12.1 Å². The van der Waals surface area contributed by atoms with Crippen LogP contribution >= 0.6 is 11.3 Å². The van der Waals surface area contributed by atoms with Gasteiger partial charge in [0.25, 0.3) is 0 Å². The molecule has 3 heterocycles. The van der Waals surface area contributed by atoms with Crippen molar-refractivity contribution >= 4 is 27.2 Å². The normalized spacial score (nSPS) is 15.5. The van der Waals surface area contributed by atoms with Crippen LogP contribution in [0, 0.1) is 0 Å². The van der Waals surface area contributed by atoms with Crippen LogP contribution in [-0.4, -0.2) is 36.1 Å². The summed E-state index contributed by atoms with van der Waals surface area (Å²) >= 11 is 1.77. The molecule has 0 atom stereocenters. The highest BCUT2D eigenvalue weighted by Crippen LogP contribution is 2.31. The van der Waals surface area contributed by atoms with Gasteiger partial charge < -0.3 is 10.2 Å². The van der Waals surface area contributed by atoms with Gasteiger partial charge in [0.15, 0.2) is 0 Å². The Bertz CT molecular complexity index is 806. The molecule has 0 saturated carbocycles. The van der Waals surface area contributed by atoms with E-state index in [0.29, 0.717) is 0 Å². The van der Waals surface area contributed by atoms with Gasteiger partial charge in [-0.3, -0.25) is 0 Å². The Labute approximate surface area is 153 Å². The van der Waals surface area contributed by atoms with Crippen LogP contribution in [0.25, 0.3) is 21.5 Å². The van der Waals surface area contributed by atoms with Crippen molar-refractivity contribution in [3.8, 4) is 11.3 Å². The summed E-state index contributed by atoms with van der Waals surface area (Å²) in [6.45, 7) is 4.78. The van der Waals surface area contributed by atoms with Crippen LogP contribution in [0.3, 0.4) is 0 Å². The van der Waals surface area contributed by atoms with Crippen molar-refractivity contribution in [1.82, 2.24) is 9.88 Å². The van der Waals surface area contributed by atoms with Crippen LogP contribution in [0.5, 0.6) is 0 Å². The number of rotatable bonds is 6. The average Bonchev–Trinajstić information content (AvgIpc) is 3.15. The summed E-state index contributed by atoms with van der Waals surface area (Å²) in [6.07, 6.45) is 5.34. The SMILES string of the molecule is c1ccc(-c2cc(NCCCN3CCCCC3)c3sccc3n2)cc1. The summed E-state index contributed by atoms with van der Waals surface area (Å²) in [7, 11) is 0. The lowest BCUT2D eigenvalue weighted by Crippen LogP contribution is -2.31. The molecule has 2 aromatic heterocycles. The fraction of sp³-hybridized carbons (Fsp3) is 0.381. The van der Waals surface area contributed by atoms with E-state index in [1.165, 1.54) is 61.3 Å². The quantitative estimate of drug-likeness (QED) is 0.615. The predicted octanol–water partition coefficient (Wildman–Crippen LogP) is 5.25. The number of benzene rings is 1. The molecule has 0 spiro atoms. The minimum Gasteiger partial charge on any atom is -0.384 e. The minimum atomic E-state index is 1.02. The fourth-order valence-electron chi connectivity index (χ4n) is 3.55. The number of likely N-dealkylation sites (tertiary alicyclic amines) is 1. The zero-order valence-electron chi connectivity index (χ0n) is 14.6. The van der Waals surface area contributed by atoms with E-state index < -0.39 is 0 Å². The first-order valence-electron chi connectivity index (χ1n) is 9.30. The molecule has 3 aromatic rings. The van der Waals surface area contributed by atoms with E-state index in [2.05, 4.69) is 52.0 Å². The Kier molecular flexibility index (Phi) is 5.28.